The maximum Gasteiger partial charge on any atom is 0.223 e. The van der Waals surface area contributed by atoms with E-state index in [1.807, 2.05) is 0 Å². The van der Waals surface area contributed by atoms with Crippen LogP contribution in [0, 0.1) is 0 Å². The average Bonchev–Trinajstić information content (AvgIpc) is 1.87. The topological polar surface area (TPSA) is 72.3 Å². The van der Waals surface area contributed by atoms with Crippen LogP contribution in [0.15, 0.2) is 0 Å². The zero-order valence-electron chi connectivity index (χ0n) is 6.50. The van der Waals surface area contributed by atoms with Crippen molar-refractivity contribution < 1.29 is 4.79 Å². The SMILES string of the molecule is CN(C)C(=O)CC(N)CN. The molecule has 1 amide bonds. The zero-order chi connectivity index (χ0) is 8.15. The van der Waals surface area contributed by atoms with Crippen LogP contribution in [-0.4, -0.2) is 37.5 Å². The Morgan fingerprint density at radius 3 is 2.40 bits per heavy atom. The summed E-state index contributed by atoms with van der Waals surface area (Å²) in [4.78, 5) is 12.4. The van der Waals surface area contributed by atoms with Gasteiger partial charge in [-0.3, -0.25) is 4.79 Å². The summed E-state index contributed by atoms with van der Waals surface area (Å²) in [5.74, 6) is 0.0259. The second-order valence-corrected chi connectivity index (χ2v) is 2.49. The molecule has 0 aliphatic rings. The number of carbonyl (C=O) groups excluding carboxylic acids is 1. The van der Waals surface area contributed by atoms with E-state index in [0.29, 0.717) is 13.0 Å². The first-order valence-corrected chi connectivity index (χ1v) is 3.23. The molecule has 0 radical (unpaired) electrons. The van der Waals surface area contributed by atoms with Gasteiger partial charge in [0.1, 0.15) is 0 Å². The number of nitrogens with two attached hydrogens (primary N) is 2. The summed E-state index contributed by atoms with van der Waals surface area (Å²) in [6, 6.07) is -0.199. The van der Waals surface area contributed by atoms with E-state index in [1.54, 1.807) is 14.1 Å². The molecule has 10 heavy (non-hydrogen) atoms. The molecular weight excluding hydrogens is 130 g/mol. The van der Waals surface area contributed by atoms with Crippen molar-refractivity contribution >= 4 is 5.91 Å². The average molecular weight is 145 g/mol. The van der Waals surface area contributed by atoms with Crippen LogP contribution >= 0.6 is 0 Å². The van der Waals surface area contributed by atoms with Crippen LogP contribution in [0.4, 0.5) is 0 Å². The minimum Gasteiger partial charge on any atom is -0.349 e. The van der Waals surface area contributed by atoms with Gasteiger partial charge in [-0.25, -0.2) is 0 Å². The highest BCUT2D eigenvalue weighted by Gasteiger charge is 2.08. The normalized spacial score (nSPS) is 12.8. The highest BCUT2D eigenvalue weighted by atomic mass is 16.2. The van der Waals surface area contributed by atoms with Crippen LogP contribution in [-0.2, 0) is 4.79 Å². The number of carbonyl (C=O) groups is 1. The first kappa shape index (κ1) is 9.39. The molecule has 1 atom stereocenters. The Labute approximate surface area is 61.2 Å². The maximum absolute atomic E-state index is 10.9. The monoisotopic (exact) mass is 145 g/mol. The van der Waals surface area contributed by atoms with E-state index in [1.165, 1.54) is 4.90 Å². The molecule has 0 aliphatic heterocycles. The highest BCUT2D eigenvalue weighted by molar-refractivity contribution is 5.76. The van der Waals surface area contributed by atoms with Gasteiger partial charge in [-0.2, -0.15) is 0 Å². The van der Waals surface area contributed by atoms with Crippen molar-refractivity contribution in [1.82, 2.24) is 4.90 Å². The Hall–Kier alpha value is -0.610. The summed E-state index contributed by atoms with van der Waals surface area (Å²) in [6.07, 6.45) is 0.337. The molecule has 4 nitrogen and oxygen atoms in total. The lowest BCUT2D eigenvalue weighted by Gasteiger charge is -2.12. The first-order valence-electron chi connectivity index (χ1n) is 3.23. The van der Waals surface area contributed by atoms with Gasteiger partial charge in [0.25, 0.3) is 0 Å². The largest absolute Gasteiger partial charge is 0.349 e. The molecule has 0 heterocycles. The Kier molecular flexibility index (Phi) is 3.99. The Morgan fingerprint density at radius 2 is 2.10 bits per heavy atom. The molecule has 4 N–H and O–H groups in total. The predicted molar refractivity (Wildman–Crippen MR) is 40.3 cm³/mol. The predicted octanol–water partition coefficient (Wildman–Crippen LogP) is -1.25. The van der Waals surface area contributed by atoms with Crippen LogP contribution in [0.2, 0.25) is 0 Å². The molecule has 0 bridgehead atoms. The number of hydrogen-bond donors (Lipinski definition) is 2. The maximum atomic E-state index is 10.9. The van der Waals surface area contributed by atoms with Crippen molar-refractivity contribution in [2.75, 3.05) is 20.6 Å². The van der Waals surface area contributed by atoms with E-state index in [9.17, 15) is 4.79 Å². The molecular formula is C6H15N3O. The second kappa shape index (κ2) is 4.24. The minimum atomic E-state index is -0.199. The van der Waals surface area contributed by atoms with Crippen molar-refractivity contribution in [2.24, 2.45) is 11.5 Å². The molecule has 0 aromatic carbocycles. The smallest absolute Gasteiger partial charge is 0.223 e. The van der Waals surface area contributed by atoms with E-state index in [0.717, 1.165) is 0 Å². The molecule has 60 valence electrons. The molecule has 0 saturated carbocycles. The molecule has 0 fully saturated rings. The van der Waals surface area contributed by atoms with E-state index in [4.69, 9.17) is 11.5 Å². The van der Waals surface area contributed by atoms with Crippen molar-refractivity contribution in [3.05, 3.63) is 0 Å². The minimum absolute atomic E-state index is 0.0259. The van der Waals surface area contributed by atoms with Crippen LogP contribution in [0.3, 0.4) is 0 Å². The fraction of sp³-hybridized carbons (Fsp3) is 0.833. The lowest BCUT2D eigenvalue weighted by molar-refractivity contribution is -0.128. The summed E-state index contributed by atoms with van der Waals surface area (Å²) in [5.41, 5.74) is 10.7. The summed E-state index contributed by atoms with van der Waals surface area (Å²) < 4.78 is 0. The molecule has 0 saturated heterocycles. The number of rotatable bonds is 3. The second-order valence-electron chi connectivity index (χ2n) is 2.49. The summed E-state index contributed by atoms with van der Waals surface area (Å²) >= 11 is 0. The van der Waals surface area contributed by atoms with E-state index < -0.39 is 0 Å². The molecule has 1 unspecified atom stereocenters. The Morgan fingerprint density at radius 1 is 1.60 bits per heavy atom. The van der Waals surface area contributed by atoms with Gasteiger partial charge in [0.2, 0.25) is 5.91 Å². The van der Waals surface area contributed by atoms with Crippen LogP contribution in [0.5, 0.6) is 0 Å². The third-order valence-electron chi connectivity index (χ3n) is 1.24. The molecule has 4 heteroatoms. The standard InChI is InChI=1S/C6H15N3O/c1-9(2)6(10)3-5(8)4-7/h5H,3-4,7-8H2,1-2H3. The molecule has 0 spiro atoms. The molecule has 0 aromatic rings. The molecule has 0 rings (SSSR count). The lowest BCUT2D eigenvalue weighted by Crippen LogP contribution is -2.36. The van der Waals surface area contributed by atoms with Gasteiger partial charge in [-0.1, -0.05) is 0 Å². The Balaban J connectivity index is 3.57. The van der Waals surface area contributed by atoms with Crippen LogP contribution < -0.4 is 11.5 Å². The molecule has 0 aliphatic carbocycles. The van der Waals surface area contributed by atoms with Crippen molar-refractivity contribution in [2.45, 2.75) is 12.5 Å². The van der Waals surface area contributed by atoms with Gasteiger partial charge >= 0.3 is 0 Å². The van der Waals surface area contributed by atoms with Gasteiger partial charge in [-0.05, 0) is 0 Å². The third kappa shape index (κ3) is 3.42. The highest BCUT2D eigenvalue weighted by Crippen LogP contribution is 1.89. The summed E-state index contributed by atoms with van der Waals surface area (Å²) in [7, 11) is 3.40. The third-order valence-corrected chi connectivity index (χ3v) is 1.24. The van der Waals surface area contributed by atoms with Crippen LogP contribution in [0.25, 0.3) is 0 Å². The summed E-state index contributed by atoms with van der Waals surface area (Å²) in [6.45, 7) is 0.361. The number of amides is 1. The molecule has 0 aromatic heterocycles. The van der Waals surface area contributed by atoms with Gasteiger partial charge in [0, 0.05) is 33.1 Å². The summed E-state index contributed by atoms with van der Waals surface area (Å²) in [5, 5.41) is 0. The van der Waals surface area contributed by atoms with E-state index in [-0.39, 0.29) is 11.9 Å². The van der Waals surface area contributed by atoms with Crippen LogP contribution in [0.1, 0.15) is 6.42 Å². The van der Waals surface area contributed by atoms with Crippen molar-refractivity contribution in [3.8, 4) is 0 Å². The first-order chi connectivity index (χ1) is 4.57. The van der Waals surface area contributed by atoms with Gasteiger partial charge < -0.3 is 16.4 Å². The van der Waals surface area contributed by atoms with Gasteiger partial charge in [0.05, 0.1) is 0 Å². The number of hydrogen-bond acceptors (Lipinski definition) is 3. The lowest BCUT2D eigenvalue weighted by atomic mass is 10.2. The zero-order valence-corrected chi connectivity index (χ0v) is 6.50. The van der Waals surface area contributed by atoms with E-state index in [2.05, 4.69) is 0 Å². The van der Waals surface area contributed by atoms with Gasteiger partial charge in [-0.15, -0.1) is 0 Å². The Bertz CT molecular complexity index is 114. The van der Waals surface area contributed by atoms with E-state index >= 15 is 0 Å². The fourth-order valence-corrected chi connectivity index (χ4v) is 0.490. The fourth-order valence-electron chi connectivity index (χ4n) is 0.490. The van der Waals surface area contributed by atoms with Crippen molar-refractivity contribution in [1.29, 1.82) is 0 Å². The number of nitrogens with zero attached hydrogens (tertiary/aromatic N) is 1. The quantitative estimate of drug-likeness (QED) is 0.521. The van der Waals surface area contributed by atoms with Crippen molar-refractivity contribution in [3.63, 3.8) is 0 Å². The van der Waals surface area contributed by atoms with Gasteiger partial charge in [0.15, 0.2) is 0 Å².